The molecule has 3 rings (SSSR count). The van der Waals surface area contributed by atoms with Gasteiger partial charge >= 0.3 is 5.97 Å². The van der Waals surface area contributed by atoms with Crippen LogP contribution in [0.4, 0.5) is 5.69 Å². The molecule has 7 heteroatoms. The summed E-state index contributed by atoms with van der Waals surface area (Å²) >= 11 is 0. The Morgan fingerprint density at radius 3 is 2.65 bits per heavy atom. The van der Waals surface area contributed by atoms with Gasteiger partial charge in [0.05, 0.1) is 5.56 Å². The number of pyridine rings is 1. The quantitative estimate of drug-likeness (QED) is 0.879. The molecule has 1 saturated heterocycles. The van der Waals surface area contributed by atoms with E-state index in [0.717, 1.165) is 12.8 Å². The maximum Gasteiger partial charge on any atom is 0.326 e. The molecule has 2 aromatic rings. The second-order valence-electron chi connectivity index (χ2n) is 6.12. The number of amides is 2. The van der Waals surface area contributed by atoms with E-state index in [2.05, 4.69) is 10.3 Å². The van der Waals surface area contributed by atoms with Gasteiger partial charge in [0.15, 0.2) is 0 Å². The van der Waals surface area contributed by atoms with Gasteiger partial charge in [-0.25, -0.2) is 4.79 Å². The highest BCUT2D eigenvalue weighted by atomic mass is 16.4. The van der Waals surface area contributed by atoms with Crippen molar-refractivity contribution in [2.24, 2.45) is 0 Å². The fourth-order valence-corrected chi connectivity index (χ4v) is 3.03. The van der Waals surface area contributed by atoms with Gasteiger partial charge in [-0.05, 0) is 49.6 Å². The van der Waals surface area contributed by atoms with Crippen LogP contribution in [0.3, 0.4) is 0 Å². The average Bonchev–Trinajstić information content (AvgIpc) is 2.68. The minimum absolute atomic E-state index is 0.330. The number of likely N-dealkylation sites (tertiary alicyclic amines) is 1. The molecule has 2 amide bonds. The summed E-state index contributed by atoms with van der Waals surface area (Å²) in [5.41, 5.74) is 1.22. The molecule has 7 nitrogen and oxygen atoms in total. The molecule has 1 aliphatic rings. The molecule has 1 fully saturated rings. The van der Waals surface area contributed by atoms with Crippen LogP contribution in [0, 0.1) is 0 Å². The molecule has 1 aliphatic heterocycles. The van der Waals surface area contributed by atoms with Crippen molar-refractivity contribution in [1.29, 1.82) is 0 Å². The Kier molecular flexibility index (Phi) is 5.26. The van der Waals surface area contributed by atoms with E-state index in [1.165, 1.54) is 11.1 Å². The first-order valence-electron chi connectivity index (χ1n) is 8.41. The molecule has 1 atom stereocenters. The van der Waals surface area contributed by atoms with E-state index in [1.807, 2.05) is 0 Å². The molecular formula is C19H19N3O4. The lowest BCUT2D eigenvalue weighted by atomic mass is 10.0. The van der Waals surface area contributed by atoms with Crippen molar-refractivity contribution in [2.75, 3.05) is 11.9 Å². The Morgan fingerprint density at radius 1 is 1.12 bits per heavy atom. The van der Waals surface area contributed by atoms with Gasteiger partial charge in [-0.15, -0.1) is 0 Å². The average molecular weight is 353 g/mol. The number of carboxylic acids is 1. The number of carbonyl (C=O) groups is 3. The first kappa shape index (κ1) is 17.6. The predicted octanol–water partition coefficient (Wildman–Crippen LogP) is 2.41. The third-order valence-electron chi connectivity index (χ3n) is 4.34. The van der Waals surface area contributed by atoms with Gasteiger partial charge in [0.1, 0.15) is 6.04 Å². The summed E-state index contributed by atoms with van der Waals surface area (Å²) in [4.78, 5) is 41.7. The second-order valence-corrected chi connectivity index (χ2v) is 6.12. The van der Waals surface area contributed by atoms with Gasteiger partial charge in [0.2, 0.25) is 0 Å². The molecule has 0 aliphatic carbocycles. The lowest BCUT2D eigenvalue weighted by molar-refractivity contribution is -0.143. The van der Waals surface area contributed by atoms with Crippen LogP contribution >= 0.6 is 0 Å². The molecule has 0 unspecified atom stereocenters. The van der Waals surface area contributed by atoms with Gasteiger partial charge in [-0.1, -0.05) is 6.07 Å². The Balaban J connectivity index is 1.77. The first-order chi connectivity index (χ1) is 12.6. The molecule has 0 spiro atoms. The number of aliphatic carboxylic acids is 1. The molecule has 0 saturated carbocycles. The highest BCUT2D eigenvalue weighted by molar-refractivity contribution is 6.05. The van der Waals surface area contributed by atoms with Crippen molar-refractivity contribution < 1.29 is 19.5 Å². The van der Waals surface area contributed by atoms with Gasteiger partial charge in [-0.2, -0.15) is 0 Å². The maximum absolute atomic E-state index is 12.8. The van der Waals surface area contributed by atoms with E-state index in [1.54, 1.807) is 42.6 Å². The standard InChI is InChI=1S/C19H19N3O4/c23-17(14-6-4-9-20-12-14)21-15-7-3-5-13(11-15)18(24)22-10-2-1-8-16(22)19(25)26/h3-7,9,11-12,16H,1-2,8,10H2,(H,21,23)(H,25,26)/t16-/m0/s1. The molecule has 1 aromatic heterocycles. The van der Waals surface area contributed by atoms with Crippen LogP contribution in [0.1, 0.15) is 40.0 Å². The topological polar surface area (TPSA) is 99.6 Å². The molecule has 26 heavy (non-hydrogen) atoms. The molecule has 2 heterocycles. The van der Waals surface area contributed by atoms with Crippen molar-refractivity contribution in [1.82, 2.24) is 9.88 Å². The van der Waals surface area contributed by atoms with Crippen molar-refractivity contribution >= 4 is 23.5 Å². The predicted molar refractivity (Wildman–Crippen MR) is 94.9 cm³/mol. The third kappa shape index (κ3) is 3.88. The number of hydrogen-bond acceptors (Lipinski definition) is 4. The number of carboxylic acid groups (broad SMARTS) is 1. The second kappa shape index (κ2) is 7.77. The number of rotatable bonds is 4. The van der Waals surface area contributed by atoms with E-state index in [0.29, 0.717) is 29.8 Å². The first-order valence-corrected chi connectivity index (χ1v) is 8.41. The number of benzene rings is 1. The van der Waals surface area contributed by atoms with Crippen molar-refractivity contribution in [3.63, 3.8) is 0 Å². The lowest BCUT2D eigenvalue weighted by Crippen LogP contribution is -2.48. The Labute approximate surface area is 150 Å². The number of piperidine rings is 1. The van der Waals surface area contributed by atoms with Crippen molar-refractivity contribution in [3.05, 3.63) is 59.9 Å². The minimum Gasteiger partial charge on any atom is -0.480 e. The Morgan fingerprint density at radius 2 is 1.92 bits per heavy atom. The van der Waals surface area contributed by atoms with E-state index >= 15 is 0 Å². The van der Waals surface area contributed by atoms with Crippen LogP contribution in [0.15, 0.2) is 48.8 Å². The largest absolute Gasteiger partial charge is 0.480 e. The molecule has 0 radical (unpaired) electrons. The van der Waals surface area contributed by atoms with Gasteiger partial charge in [-0.3, -0.25) is 14.6 Å². The van der Waals surface area contributed by atoms with Gasteiger partial charge in [0.25, 0.3) is 11.8 Å². The summed E-state index contributed by atoms with van der Waals surface area (Å²) in [6.45, 7) is 0.419. The van der Waals surface area contributed by atoms with Crippen LogP contribution in [-0.4, -0.2) is 45.4 Å². The summed E-state index contributed by atoms with van der Waals surface area (Å²) in [5.74, 6) is -1.65. The lowest BCUT2D eigenvalue weighted by Gasteiger charge is -2.33. The summed E-state index contributed by atoms with van der Waals surface area (Å²) in [6, 6.07) is 9.02. The van der Waals surface area contributed by atoms with Gasteiger partial charge in [0, 0.05) is 30.2 Å². The fourth-order valence-electron chi connectivity index (χ4n) is 3.03. The SMILES string of the molecule is O=C(Nc1cccc(C(=O)N2CCCC[C@H]2C(=O)O)c1)c1cccnc1. The number of carbonyl (C=O) groups excluding carboxylic acids is 2. The summed E-state index contributed by atoms with van der Waals surface area (Å²) in [5, 5.41) is 12.1. The molecule has 1 aromatic carbocycles. The van der Waals surface area contributed by atoms with E-state index in [-0.39, 0.29) is 11.8 Å². The van der Waals surface area contributed by atoms with Crippen LogP contribution in [0.5, 0.6) is 0 Å². The van der Waals surface area contributed by atoms with E-state index < -0.39 is 12.0 Å². The van der Waals surface area contributed by atoms with Crippen LogP contribution < -0.4 is 5.32 Å². The maximum atomic E-state index is 12.8. The zero-order chi connectivity index (χ0) is 18.5. The Bertz CT molecular complexity index is 823. The van der Waals surface area contributed by atoms with E-state index in [9.17, 15) is 19.5 Å². The number of nitrogens with one attached hydrogen (secondary N) is 1. The fraction of sp³-hybridized carbons (Fsp3) is 0.263. The zero-order valence-electron chi connectivity index (χ0n) is 14.1. The zero-order valence-corrected chi connectivity index (χ0v) is 14.1. The Hall–Kier alpha value is -3.22. The van der Waals surface area contributed by atoms with Crippen LogP contribution in [0.25, 0.3) is 0 Å². The smallest absolute Gasteiger partial charge is 0.326 e. The van der Waals surface area contributed by atoms with Crippen molar-refractivity contribution in [3.8, 4) is 0 Å². The van der Waals surface area contributed by atoms with Gasteiger partial charge < -0.3 is 15.3 Å². The third-order valence-corrected chi connectivity index (χ3v) is 4.34. The molecular weight excluding hydrogens is 334 g/mol. The summed E-state index contributed by atoms with van der Waals surface area (Å²) in [7, 11) is 0. The number of nitrogens with zero attached hydrogens (tertiary/aromatic N) is 2. The molecule has 0 bridgehead atoms. The summed E-state index contributed by atoms with van der Waals surface area (Å²) in [6.07, 6.45) is 5.07. The van der Waals surface area contributed by atoms with Crippen LogP contribution in [0.2, 0.25) is 0 Å². The number of hydrogen-bond donors (Lipinski definition) is 2. The highest BCUT2D eigenvalue weighted by Crippen LogP contribution is 2.21. The number of anilines is 1. The van der Waals surface area contributed by atoms with Crippen molar-refractivity contribution in [2.45, 2.75) is 25.3 Å². The minimum atomic E-state index is -0.987. The molecule has 134 valence electrons. The summed E-state index contributed by atoms with van der Waals surface area (Å²) < 4.78 is 0. The van der Waals surface area contributed by atoms with E-state index in [4.69, 9.17) is 0 Å². The highest BCUT2D eigenvalue weighted by Gasteiger charge is 2.32. The van der Waals surface area contributed by atoms with Crippen LogP contribution in [-0.2, 0) is 4.79 Å². The normalized spacial score (nSPS) is 16.8. The number of aromatic nitrogens is 1. The monoisotopic (exact) mass is 353 g/mol. The molecule has 2 N–H and O–H groups in total.